The molecule has 1 aliphatic heterocycles. The molecule has 1 aromatic heterocycles. The minimum atomic E-state index is -0.561. The molecule has 4 N–H and O–H groups in total. The molecule has 1 aromatic rings. The number of β-amino-alcohol motifs (C(OH)–C–C–N with tert-alkyl or cyclic N) is 1. The van der Waals surface area contributed by atoms with Gasteiger partial charge in [-0.3, -0.25) is 9.69 Å². The molecule has 3 amide bonds. The maximum absolute atomic E-state index is 12.2. The molecule has 0 radical (unpaired) electrons. The van der Waals surface area contributed by atoms with Crippen molar-refractivity contribution >= 4 is 11.9 Å². The molecule has 128 valence electrons. The number of amides is 3. The number of nitrogens with one attached hydrogen (secondary N) is 1. The summed E-state index contributed by atoms with van der Waals surface area (Å²) in [4.78, 5) is 27.1. The summed E-state index contributed by atoms with van der Waals surface area (Å²) in [6, 6.07) is 1.53. The lowest BCUT2D eigenvalue weighted by molar-refractivity contribution is 0.0565. The van der Waals surface area contributed by atoms with Crippen molar-refractivity contribution in [3.8, 4) is 0 Å². The van der Waals surface area contributed by atoms with Crippen molar-refractivity contribution < 1.29 is 19.1 Å². The highest BCUT2D eigenvalue weighted by Gasteiger charge is 2.27. The SMILES string of the molecule is CC(O)CN1CCN(C(=O)NCc2cc(C(N)=O)co2)CC1C. The molecule has 8 heteroatoms. The zero-order chi connectivity index (χ0) is 17.0. The molecular weight excluding hydrogens is 300 g/mol. The first-order valence-corrected chi connectivity index (χ1v) is 7.69. The average Bonchev–Trinajstić information content (AvgIpc) is 2.95. The average molecular weight is 324 g/mol. The van der Waals surface area contributed by atoms with Gasteiger partial charge in [0.15, 0.2) is 0 Å². The number of nitrogens with two attached hydrogens (primary N) is 1. The van der Waals surface area contributed by atoms with Crippen LogP contribution in [-0.4, -0.2) is 65.2 Å². The fraction of sp³-hybridized carbons (Fsp3) is 0.600. The Hall–Kier alpha value is -2.06. The summed E-state index contributed by atoms with van der Waals surface area (Å²) >= 11 is 0. The van der Waals surface area contributed by atoms with Crippen LogP contribution in [0.2, 0.25) is 0 Å². The monoisotopic (exact) mass is 324 g/mol. The van der Waals surface area contributed by atoms with Crippen molar-refractivity contribution in [1.82, 2.24) is 15.1 Å². The van der Waals surface area contributed by atoms with Gasteiger partial charge in [0.25, 0.3) is 5.91 Å². The van der Waals surface area contributed by atoms with Crippen LogP contribution in [0.15, 0.2) is 16.7 Å². The normalized spacial score (nSPS) is 20.3. The van der Waals surface area contributed by atoms with Crippen LogP contribution in [0, 0.1) is 0 Å². The highest BCUT2D eigenvalue weighted by molar-refractivity contribution is 5.92. The van der Waals surface area contributed by atoms with E-state index in [-0.39, 0.29) is 30.3 Å². The van der Waals surface area contributed by atoms with Crippen LogP contribution in [0.4, 0.5) is 4.79 Å². The van der Waals surface area contributed by atoms with Crippen molar-refractivity contribution in [3.63, 3.8) is 0 Å². The number of hydrogen-bond donors (Lipinski definition) is 3. The number of carbonyl (C=O) groups excluding carboxylic acids is 2. The Labute approximate surface area is 135 Å². The number of hydrogen-bond acceptors (Lipinski definition) is 5. The summed E-state index contributed by atoms with van der Waals surface area (Å²) in [5, 5.41) is 12.2. The van der Waals surface area contributed by atoms with E-state index in [9.17, 15) is 14.7 Å². The molecule has 2 rings (SSSR count). The Bertz CT molecular complexity index is 557. The molecule has 0 aromatic carbocycles. The van der Waals surface area contributed by atoms with E-state index in [4.69, 9.17) is 10.2 Å². The summed E-state index contributed by atoms with van der Waals surface area (Å²) in [6.45, 7) is 6.54. The molecule has 2 unspecified atom stereocenters. The molecule has 0 saturated carbocycles. The summed E-state index contributed by atoms with van der Waals surface area (Å²) in [5.74, 6) is -0.0812. The third-order valence-corrected chi connectivity index (χ3v) is 3.90. The van der Waals surface area contributed by atoms with Crippen LogP contribution in [0.25, 0.3) is 0 Å². The van der Waals surface area contributed by atoms with E-state index in [1.165, 1.54) is 12.3 Å². The molecule has 8 nitrogen and oxygen atoms in total. The quantitative estimate of drug-likeness (QED) is 0.704. The fourth-order valence-electron chi connectivity index (χ4n) is 2.67. The highest BCUT2D eigenvalue weighted by atomic mass is 16.3. The van der Waals surface area contributed by atoms with Crippen LogP contribution in [0.1, 0.15) is 30.0 Å². The number of piperazine rings is 1. The molecule has 0 aliphatic carbocycles. The van der Waals surface area contributed by atoms with Crippen LogP contribution >= 0.6 is 0 Å². The third kappa shape index (κ3) is 4.70. The van der Waals surface area contributed by atoms with Crippen LogP contribution in [0.3, 0.4) is 0 Å². The minimum absolute atomic E-state index is 0.175. The largest absolute Gasteiger partial charge is 0.467 e. The van der Waals surface area contributed by atoms with Crippen LogP contribution in [0.5, 0.6) is 0 Å². The zero-order valence-corrected chi connectivity index (χ0v) is 13.5. The van der Waals surface area contributed by atoms with E-state index in [0.29, 0.717) is 25.4 Å². The van der Waals surface area contributed by atoms with Gasteiger partial charge in [-0.2, -0.15) is 0 Å². The molecule has 2 heterocycles. The summed E-state index contributed by atoms with van der Waals surface area (Å²) < 4.78 is 5.18. The zero-order valence-electron chi connectivity index (χ0n) is 13.5. The van der Waals surface area contributed by atoms with E-state index in [1.54, 1.807) is 11.8 Å². The van der Waals surface area contributed by atoms with Crippen LogP contribution < -0.4 is 11.1 Å². The standard InChI is InChI=1S/C15H24N4O4/c1-10-7-19(4-3-18(10)8-11(2)20)15(22)17-6-13-5-12(9-23-13)14(16)21/h5,9-11,20H,3-4,6-8H2,1-2H3,(H2,16,21)(H,17,22). The smallest absolute Gasteiger partial charge is 0.317 e. The predicted molar refractivity (Wildman–Crippen MR) is 83.8 cm³/mol. The van der Waals surface area contributed by atoms with Gasteiger partial charge in [-0.1, -0.05) is 0 Å². The number of nitrogens with zero attached hydrogens (tertiary/aromatic N) is 2. The topological polar surface area (TPSA) is 112 Å². The fourth-order valence-corrected chi connectivity index (χ4v) is 2.67. The van der Waals surface area contributed by atoms with E-state index in [2.05, 4.69) is 10.2 Å². The van der Waals surface area contributed by atoms with Crippen molar-refractivity contribution in [1.29, 1.82) is 0 Å². The molecule has 2 atom stereocenters. The Balaban J connectivity index is 1.81. The van der Waals surface area contributed by atoms with E-state index < -0.39 is 5.91 Å². The number of primary amides is 1. The van der Waals surface area contributed by atoms with Gasteiger partial charge >= 0.3 is 6.03 Å². The molecule has 0 spiro atoms. The van der Waals surface area contributed by atoms with Gasteiger partial charge in [0.05, 0.1) is 18.2 Å². The van der Waals surface area contributed by atoms with E-state index in [1.807, 2.05) is 6.92 Å². The second-order valence-electron chi connectivity index (χ2n) is 5.96. The minimum Gasteiger partial charge on any atom is -0.467 e. The van der Waals surface area contributed by atoms with Gasteiger partial charge in [-0.25, -0.2) is 4.79 Å². The van der Waals surface area contributed by atoms with Crippen LogP contribution in [-0.2, 0) is 6.54 Å². The molecule has 0 bridgehead atoms. The highest BCUT2D eigenvalue weighted by Crippen LogP contribution is 2.11. The Morgan fingerprint density at radius 3 is 2.83 bits per heavy atom. The van der Waals surface area contributed by atoms with Crippen molar-refractivity contribution in [2.24, 2.45) is 5.73 Å². The number of urea groups is 1. The summed E-state index contributed by atoms with van der Waals surface area (Å²) in [5.41, 5.74) is 5.43. The number of aliphatic hydroxyl groups is 1. The Morgan fingerprint density at radius 2 is 2.26 bits per heavy atom. The Morgan fingerprint density at radius 1 is 1.52 bits per heavy atom. The van der Waals surface area contributed by atoms with Crippen molar-refractivity contribution in [3.05, 3.63) is 23.7 Å². The van der Waals surface area contributed by atoms with Crippen molar-refractivity contribution in [2.45, 2.75) is 32.5 Å². The maximum atomic E-state index is 12.2. The van der Waals surface area contributed by atoms with Gasteiger partial charge in [-0.05, 0) is 19.9 Å². The number of carbonyl (C=O) groups is 2. The molecule has 1 saturated heterocycles. The summed E-state index contributed by atoms with van der Waals surface area (Å²) in [6.07, 6.45) is 0.900. The van der Waals surface area contributed by atoms with Crippen molar-refractivity contribution in [2.75, 3.05) is 26.2 Å². The van der Waals surface area contributed by atoms with Gasteiger partial charge in [0, 0.05) is 32.2 Å². The summed E-state index contributed by atoms with van der Waals surface area (Å²) in [7, 11) is 0. The second kappa shape index (κ2) is 7.47. The first-order valence-electron chi connectivity index (χ1n) is 7.69. The lowest BCUT2D eigenvalue weighted by Gasteiger charge is -2.40. The molecular formula is C15H24N4O4. The van der Waals surface area contributed by atoms with Gasteiger partial charge in [0.2, 0.25) is 0 Å². The second-order valence-corrected chi connectivity index (χ2v) is 5.96. The lowest BCUT2D eigenvalue weighted by Crippen LogP contribution is -2.56. The lowest BCUT2D eigenvalue weighted by atomic mass is 10.2. The molecule has 23 heavy (non-hydrogen) atoms. The molecule has 1 aliphatic rings. The first-order chi connectivity index (χ1) is 10.9. The first kappa shape index (κ1) is 17.3. The van der Waals surface area contributed by atoms with E-state index in [0.717, 1.165) is 6.54 Å². The maximum Gasteiger partial charge on any atom is 0.317 e. The van der Waals surface area contributed by atoms with Gasteiger partial charge in [0.1, 0.15) is 12.0 Å². The number of furan rings is 1. The van der Waals surface area contributed by atoms with Gasteiger partial charge in [-0.15, -0.1) is 0 Å². The number of aliphatic hydroxyl groups excluding tert-OH is 1. The predicted octanol–water partition coefficient (Wildman–Crippen LogP) is -0.0250. The Kier molecular flexibility index (Phi) is 5.62. The number of rotatable bonds is 5. The van der Waals surface area contributed by atoms with E-state index >= 15 is 0 Å². The van der Waals surface area contributed by atoms with Gasteiger partial charge < -0.3 is 25.5 Å². The third-order valence-electron chi connectivity index (χ3n) is 3.90. The molecule has 1 fully saturated rings.